The molecule has 0 saturated heterocycles. The number of rotatable bonds is 14. The maximum Gasteiger partial charge on any atom is 0.326 e. The number of nitrogens with two attached hydrogens (primary N) is 1. The van der Waals surface area contributed by atoms with Crippen LogP contribution in [0.5, 0.6) is 0 Å². The van der Waals surface area contributed by atoms with Crippen molar-refractivity contribution in [3.8, 4) is 0 Å². The third kappa shape index (κ3) is 8.29. The van der Waals surface area contributed by atoms with E-state index in [1.807, 2.05) is 5.32 Å². The highest BCUT2D eigenvalue weighted by Gasteiger charge is 2.32. The number of aromatic amines is 1. The lowest BCUT2D eigenvalue weighted by molar-refractivity contribution is -0.143. The van der Waals surface area contributed by atoms with E-state index in [4.69, 9.17) is 15.9 Å². The molecule has 37 heavy (non-hydrogen) atoms. The van der Waals surface area contributed by atoms with E-state index in [0.29, 0.717) is 5.56 Å². The van der Waals surface area contributed by atoms with Gasteiger partial charge < -0.3 is 47.1 Å². The lowest BCUT2D eigenvalue weighted by Gasteiger charge is -2.23. The summed E-state index contributed by atoms with van der Waals surface area (Å²) in [6, 6.07) is 0.557. The summed E-state index contributed by atoms with van der Waals surface area (Å²) in [5.74, 6) is -7.69. The third-order valence-corrected chi connectivity index (χ3v) is 5.27. The minimum atomic E-state index is -1.77. The fourth-order valence-electron chi connectivity index (χ4n) is 3.40. The van der Waals surface area contributed by atoms with Crippen LogP contribution in [-0.4, -0.2) is 91.8 Å². The van der Waals surface area contributed by atoms with Crippen molar-refractivity contribution in [2.24, 2.45) is 5.73 Å². The van der Waals surface area contributed by atoms with Crippen LogP contribution in [0, 0.1) is 0 Å². The number of aliphatic hydroxyl groups is 1. The molecule has 0 radical (unpaired) electrons. The average Bonchev–Trinajstić information content (AvgIpc) is 3.23. The van der Waals surface area contributed by atoms with Gasteiger partial charge in [-0.15, -0.1) is 0 Å². The molecule has 2 rings (SSSR count). The van der Waals surface area contributed by atoms with Gasteiger partial charge in [-0.1, -0.05) is 18.2 Å². The Morgan fingerprint density at radius 3 is 1.97 bits per heavy atom. The van der Waals surface area contributed by atoms with Crippen LogP contribution in [0.4, 0.5) is 0 Å². The maximum atomic E-state index is 12.8. The van der Waals surface area contributed by atoms with Crippen LogP contribution >= 0.6 is 0 Å². The van der Waals surface area contributed by atoms with E-state index < -0.39 is 79.2 Å². The Bertz CT molecular complexity index is 1180. The van der Waals surface area contributed by atoms with Crippen LogP contribution in [0.1, 0.15) is 18.4 Å². The second-order valence-corrected chi connectivity index (χ2v) is 8.07. The van der Waals surface area contributed by atoms with E-state index in [1.165, 1.54) is 0 Å². The first-order valence-corrected chi connectivity index (χ1v) is 10.9. The number of amides is 3. The normalized spacial score (nSPS) is 14.1. The third-order valence-electron chi connectivity index (χ3n) is 5.27. The number of benzene rings is 1. The number of aliphatic hydroxyl groups excluding tert-OH is 1. The van der Waals surface area contributed by atoms with Crippen molar-refractivity contribution in [1.82, 2.24) is 20.9 Å². The molecule has 10 N–H and O–H groups in total. The highest BCUT2D eigenvalue weighted by atomic mass is 16.4. The number of carbonyl (C=O) groups is 6. The average molecular weight is 521 g/mol. The number of aromatic nitrogens is 1. The summed E-state index contributed by atoms with van der Waals surface area (Å²) in [5.41, 5.74) is 6.72. The first-order chi connectivity index (χ1) is 17.4. The van der Waals surface area contributed by atoms with Crippen LogP contribution in [0.2, 0.25) is 0 Å². The van der Waals surface area contributed by atoms with Gasteiger partial charge in [0, 0.05) is 23.5 Å². The highest BCUT2D eigenvalue weighted by Crippen LogP contribution is 2.19. The van der Waals surface area contributed by atoms with Gasteiger partial charge in [0.2, 0.25) is 17.7 Å². The smallest absolute Gasteiger partial charge is 0.326 e. The number of carboxylic acids is 3. The summed E-state index contributed by atoms with van der Waals surface area (Å²) in [4.78, 5) is 74.1. The van der Waals surface area contributed by atoms with Crippen molar-refractivity contribution < 1.29 is 49.2 Å². The minimum absolute atomic E-state index is 0.157. The number of H-pyrrole nitrogens is 1. The van der Waals surface area contributed by atoms with Crippen LogP contribution < -0.4 is 21.7 Å². The molecule has 1 aromatic carbocycles. The van der Waals surface area contributed by atoms with Crippen LogP contribution in [0.15, 0.2) is 30.5 Å². The van der Waals surface area contributed by atoms with Gasteiger partial charge in [-0.3, -0.25) is 24.0 Å². The standard InChI is InChI=1S/C22H27N5O10/c23-12(6-17(29)30)19(33)27-16(9-28)21(35)25-14(7-18(31)32)20(34)26-15(22(36)37)5-10-8-24-13-4-2-1-3-11(10)13/h1-4,8,12,14-16,24,28H,5-7,9,23H2,(H,25,35)(H,26,34)(H,27,33)(H,29,30)(H,31,32)(H,36,37). The molecular formula is C22H27N5O10. The first kappa shape index (κ1) is 28.7. The number of aliphatic carboxylic acids is 3. The van der Waals surface area contributed by atoms with Gasteiger partial charge in [0.1, 0.15) is 18.1 Å². The number of nitrogens with one attached hydrogen (secondary N) is 4. The molecule has 4 unspecified atom stereocenters. The van der Waals surface area contributed by atoms with Crippen molar-refractivity contribution in [3.05, 3.63) is 36.0 Å². The van der Waals surface area contributed by atoms with Crippen molar-refractivity contribution in [1.29, 1.82) is 0 Å². The Kier molecular flexibility index (Phi) is 10.1. The van der Waals surface area contributed by atoms with Gasteiger partial charge in [0.15, 0.2) is 0 Å². The molecule has 0 spiro atoms. The molecule has 1 aromatic heterocycles. The Morgan fingerprint density at radius 1 is 0.811 bits per heavy atom. The summed E-state index contributed by atoms with van der Waals surface area (Å²) in [7, 11) is 0. The second-order valence-electron chi connectivity index (χ2n) is 8.07. The number of fused-ring (bicyclic) bond motifs is 1. The van der Waals surface area contributed by atoms with E-state index in [-0.39, 0.29) is 6.42 Å². The topological polar surface area (TPSA) is 261 Å². The van der Waals surface area contributed by atoms with Crippen molar-refractivity contribution in [2.75, 3.05) is 6.61 Å². The number of hydrogen-bond donors (Lipinski definition) is 9. The van der Waals surface area contributed by atoms with Crippen molar-refractivity contribution >= 4 is 46.5 Å². The second kappa shape index (κ2) is 13.0. The summed E-state index contributed by atoms with van der Waals surface area (Å²) in [6.45, 7) is -0.989. The molecule has 200 valence electrons. The molecule has 0 bridgehead atoms. The Morgan fingerprint density at radius 2 is 1.38 bits per heavy atom. The Hall–Kier alpha value is -4.50. The zero-order chi connectivity index (χ0) is 27.7. The number of hydrogen-bond acceptors (Lipinski definition) is 8. The van der Waals surface area contributed by atoms with Gasteiger partial charge in [-0.2, -0.15) is 0 Å². The van der Waals surface area contributed by atoms with Gasteiger partial charge in [-0.25, -0.2) is 4.79 Å². The lowest BCUT2D eigenvalue weighted by Crippen LogP contribution is -2.58. The van der Waals surface area contributed by atoms with E-state index in [2.05, 4.69) is 15.6 Å². The number of carbonyl (C=O) groups excluding carboxylic acids is 3. The summed E-state index contributed by atoms with van der Waals surface area (Å²) >= 11 is 0. The molecule has 1 heterocycles. The van der Waals surface area contributed by atoms with Gasteiger partial charge in [0.05, 0.1) is 25.5 Å². The fourth-order valence-corrected chi connectivity index (χ4v) is 3.40. The molecule has 4 atom stereocenters. The Labute approximate surface area is 209 Å². The van der Waals surface area contributed by atoms with Gasteiger partial charge in [-0.05, 0) is 11.6 Å². The molecule has 15 nitrogen and oxygen atoms in total. The number of para-hydroxylation sites is 1. The maximum absolute atomic E-state index is 12.8. The molecule has 0 aliphatic carbocycles. The fraction of sp³-hybridized carbons (Fsp3) is 0.364. The van der Waals surface area contributed by atoms with Gasteiger partial charge >= 0.3 is 17.9 Å². The molecule has 0 saturated carbocycles. The Balaban J connectivity index is 2.13. The molecule has 0 aliphatic rings. The summed E-state index contributed by atoms with van der Waals surface area (Å²) in [5, 5.41) is 43.9. The van der Waals surface area contributed by atoms with Gasteiger partial charge in [0.25, 0.3) is 0 Å². The molecule has 3 amide bonds. The molecule has 2 aromatic rings. The zero-order valence-electron chi connectivity index (χ0n) is 19.3. The summed E-state index contributed by atoms with van der Waals surface area (Å²) in [6.07, 6.45) is -0.285. The van der Waals surface area contributed by atoms with Crippen LogP contribution in [-0.2, 0) is 35.2 Å². The van der Waals surface area contributed by atoms with Crippen LogP contribution in [0.25, 0.3) is 10.9 Å². The van der Waals surface area contributed by atoms with E-state index >= 15 is 0 Å². The zero-order valence-corrected chi connectivity index (χ0v) is 19.3. The van der Waals surface area contributed by atoms with E-state index in [9.17, 15) is 39.0 Å². The van der Waals surface area contributed by atoms with Crippen molar-refractivity contribution in [2.45, 2.75) is 43.4 Å². The molecule has 15 heteroatoms. The van der Waals surface area contributed by atoms with Crippen LogP contribution in [0.3, 0.4) is 0 Å². The van der Waals surface area contributed by atoms with Crippen molar-refractivity contribution in [3.63, 3.8) is 0 Å². The quantitative estimate of drug-likeness (QED) is 0.126. The lowest BCUT2D eigenvalue weighted by atomic mass is 10.0. The van der Waals surface area contributed by atoms with E-state index in [0.717, 1.165) is 10.9 Å². The SMILES string of the molecule is NC(CC(=O)O)C(=O)NC(CO)C(=O)NC(CC(=O)O)C(=O)NC(Cc1c[nH]c2ccccc12)C(=O)O. The molecule has 0 fully saturated rings. The highest BCUT2D eigenvalue weighted by molar-refractivity contribution is 5.96. The first-order valence-electron chi connectivity index (χ1n) is 10.9. The predicted molar refractivity (Wildman–Crippen MR) is 125 cm³/mol. The molecular weight excluding hydrogens is 494 g/mol. The molecule has 0 aliphatic heterocycles. The largest absolute Gasteiger partial charge is 0.481 e. The van der Waals surface area contributed by atoms with E-state index in [1.54, 1.807) is 30.5 Å². The monoisotopic (exact) mass is 521 g/mol. The minimum Gasteiger partial charge on any atom is -0.481 e. The number of carboxylic acid groups (broad SMARTS) is 3. The summed E-state index contributed by atoms with van der Waals surface area (Å²) < 4.78 is 0. The predicted octanol–water partition coefficient (Wildman–Crippen LogP) is -2.48.